The summed E-state index contributed by atoms with van der Waals surface area (Å²) in [5, 5.41) is 2.91. The fourth-order valence-electron chi connectivity index (χ4n) is 3.53. The molecule has 1 atom stereocenters. The van der Waals surface area contributed by atoms with Crippen LogP contribution in [-0.2, 0) is 18.3 Å². The number of primary amides is 1. The summed E-state index contributed by atoms with van der Waals surface area (Å²) < 4.78 is 2.08. The van der Waals surface area contributed by atoms with Crippen molar-refractivity contribution in [2.75, 3.05) is 18.4 Å². The largest absolute Gasteiger partial charge is 0.366 e. The van der Waals surface area contributed by atoms with Crippen LogP contribution in [0.4, 0.5) is 5.69 Å². The predicted octanol–water partition coefficient (Wildman–Crippen LogP) is 1.80. The third-order valence-electron chi connectivity index (χ3n) is 5.41. The number of imidazole rings is 1. The molecular weight excluding hydrogens is 342 g/mol. The number of piperidine rings is 1. The number of benzene rings is 1. The second-order valence-electron chi connectivity index (χ2n) is 7.24. The van der Waals surface area contributed by atoms with Crippen LogP contribution in [0.5, 0.6) is 0 Å². The summed E-state index contributed by atoms with van der Waals surface area (Å²) in [6.45, 7) is 3.75. The van der Waals surface area contributed by atoms with E-state index in [1.54, 1.807) is 24.3 Å². The SMILES string of the molecule is C[C@@H](C(=O)Nc1ccc(C(N)=O)cc1)N1CCC(Cc2nccn2C)CC1. The molecule has 1 aliphatic heterocycles. The van der Waals surface area contributed by atoms with Gasteiger partial charge in [0.15, 0.2) is 0 Å². The molecule has 0 saturated carbocycles. The number of amides is 2. The Kier molecular flexibility index (Phi) is 5.91. The molecule has 3 rings (SSSR count). The van der Waals surface area contributed by atoms with Crippen molar-refractivity contribution in [1.82, 2.24) is 14.5 Å². The maximum atomic E-state index is 12.6. The number of nitrogens with one attached hydrogen (secondary N) is 1. The average molecular weight is 369 g/mol. The minimum atomic E-state index is -0.477. The molecule has 7 nitrogen and oxygen atoms in total. The Hall–Kier alpha value is -2.67. The highest BCUT2D eigenvalue weighted by Crippen LogP contribution is 2.22. The van der Waals surface area contributed by atoms with Gasteiger partial charge in [0, 0.05) is 37.1 Å². The Balaban J connectivity index is 1.49. The molecule has 2 heterocycles. The topological polar surface area (TPSA) is 93.2 Å². The Bertz CT molecular complexity index is 791. The molecular formula is C20H27N5O2. The lowest BCUT2D eigenvalue weighted by Crippen LogP contribution is -2.46. The van der Waals surface area contributed by atoms with Crippen molar-refractivity contribution >= 4 is 17.5 Å². The molecule has 1 aromatic carbocycles. The molecule has 0 unspecified atom stereocenters. The number of hydrogen-bond acceptors (Lipinski definition) is 4. The number of aryl methyl sites for hydroxylation is 1. The molecule has 0 radical (unpaired) electrons. The lowest BCUT2D eigenvalue weighted by atomic mass is 9.92. The van der Waals surface area contributed by atoms with E-state index in [-0.39, 0.29) is 11.9 Å². The summed E-state index contributed by atoms with van der Waals surface area (Å²) in [7, 11) is 2.03. The first kappa shape index (κ1) is 19.1. The van der Waals surface area contributed by atoms with E-state index in [1.165, 1.54) is 0 Å². The molecule has 27 heavy (non-hydrogen) atoms. The van der Waals surface area contributed by atoms with Crippen LogP contribution >= 0.6 is 0 Å². The monoisotopic (exact) mass is 369 g/mol. The maximum Gasteiger partial charge on any atom is 0.248 e. The number of carbonyl (C=O) groups is 2. The molecule has 1 saturated heterocycles. The van der Waals surface area contributed by atoms with Crippen molar-refractivity contribution in [3.05, 3.63) is 48.0 Å². The molecule has 1 aliphatic rings. The van der Waals surface area contributed by atoms with E-state index in [0.29, 0.717) is 17.2 Å². The smallest absolute Gasteiger partial charge is 0.248 e. The maximum absolute atomic E-state index is 12.6. The number of anilines is 1. The molecule has 1 fully saturated rings. The van der Waals surface area contributed by atoms with Gasteiger partial charge in [-0.3, -0.25) is 14.5 Å². The van der Waals surface area contributed by atoms with Crippen molar-refractivity contribution in [3.63, 3.8) is 0 Å². The number of nitrogens with two attached hydrogens (primary N) is 1. The first-order chi connectivity index (χ1) is 12.9. The van der Waals surface area contributed by atoms with E-state index in [0.717, 1.165) is 38.2 Å². The van der Waals surface area contributed by atoms with Crippen molar-refractivity contribution in [2.24, 2.45) is 18.7 Å². The molecule has 2 aromatic rings. The van der Waals surface area contributed by atoms with Gasteiger partial charge in [-0.05, 0) is 63.0 Å². The van der Waals surface area contributed by atoms with Gasteiger partial charge in [0.05, 0.1) is 6.04 Å². The predicted molar refractivity (Wildman–Crippen MR) is 104 cm³/mol. The molecule has 0 aliphatic carbocycles. The first-order valence-corrected chi connectivity index (χ1v) is 9.35. The summed E-state index contributed by atoms with van der Waals surface area (Å²) in [5.74, 6) is 1.22. The Morgan fingerprint density at radius 1 is 1.26 bits per heavy atom. The second-order valence-corrected chi connectivity index (χ2v) is 7.24. The number of nitrogens with zero attached hydrogens (tertiary/aromatic N) is 3. The van der Waals surface area contributed by atoms with Crippen LogP contribution in [0.1, 0.15) is 35.9 Å². The van der Waals surface area contributed by atoms with E-state index >= 15 is 0 Å². The zero-order chi connectivity index (χ0) is 19.4. The van der Waals surface area contributed by atoms with Gasteiger partial charge in [0.1, 0.15) is 5.82 Å². The van der Waals surface area contributed by atoms with Gasteiger partial charge in [0.2, 0.25) is 11.8 Å². The average Bonchev–Trinajstić information content (AvgIpc) is 3.07. The van der Waals surface area contributed by atoms with Gasteiger partial charge in [-0.15, -0.1) is 0 Å². The zero-order valence-corrected chi connectivity index (χ0v) is 15.9. The lowest BCUT2D eigenvalue weighted by molar-refractivity contribution is -0.121. The van der Waals surface area contributed by atoms with E-state index in [1.807, 2.05) is 26.4 Å². The molecule has 144 valence electrons. The molecule has 3 N–H and O–H groups in total. The van der Waals surface area contributed by atoms with Crippen LogP contribution in [0.25, 0.3) is 0 Å². The van der Waals surface area contributed by atoms with Gasteiger partial charge < -0.3 is 15.6 Å². The van der Waals surface area contributed by atoms with Crippen LogP contribution in [0, 0.1) is 5.92 Å². The fourth-order valence-corrected chi connectivity index (χ4v) is 3.53. The summed E-state index contributed by atoms with van der Waals surface area (Å²) in [6.07, 6.45) is 6.94. The Morgan fingerprint density at radius 2 is 1.93 bits per heavy atom. The van der Waals surface area contributed by atoms with Crippen molar-refractivity contribution in [2.45, 2.75) is 32.2 Å². The Labute approximate surface area is 159 Å². The third-order valence-corrected chi connectivity index (χ3v) is 5.41. The van der Waals surface area contributed by atoms with Crippen LogP contribution in [0.2, 0.25) is 0 Å². The van der Waals surface area contributed by atoms with Crippen molar-refractivity contribution < 1.29 is 9.59 Å². The van der Waals surface area contributed by atoms with Crippen LogP contribution in [-0.4, -0.2) is 45.4 Å². The van der Waals surface area contributed by atoms with Crippen molar-refractivity contribution in [3.8, 4) is 0 Å². The number of aromatic nitrogens is 2. The molecule has 1 aromatic heterocycles. The first-order valence-electron chi connectivity index (χ1n) is 9.35. The van der Waals surface area contributed by atoms with E-state index in [2.05, 4.69) is 19.8 Å². The van der Waals surface area contributed by atoms with Crippen molar-refractivity contribution in [1.29, 1.82) is 0 Å². The molecule has 0 spiro atoms. The third kappa shape index (κ3) is 4.74. The van der Waals surface area contributed by atoms with E-state index < -0.39 is 5.91 Å². The number of rotatable bonds is 6. The van der Waals surface area contributed by atoms with Crippen LogP contribution in [0.15, 0.2) is 36.7 Å². The molecule has 0 bridgehead atoms. The summed E-state index contributed by atoms with van der Waals surface area (Å²) in [5.41, 5.74) is 6.33. The van der Waals surface area contributed by atoms with E-state index in [9.17, 15) is 9.59 Å². The zero-order valence-electron chi connectivity index (χ0n) is 15.9. The minimum absolute atomic E-state index is 0.0376. The molecule has 7 heteroatoms. The van der Waals surface area contributed by atoms with Gasteiger partial charge in [0.25, 0.3) is 0 Å². The highest BCUT2D eigenvalue weighted by Gasteiger charge is 2.27. The summed E-state index contributed by atoms with van der Waals surface area (Å²) >= 11 is 0. The van der Waals surface area contributed by atoms with Gasteiger partial charge in [-0.25, -0.2) is 4.98 Å². The highest BCUT2D eigenvalue weighted by molar-refractivity contribution is 5.96. The summed E-state index contributed by atoms with van der Waals surface area (Å²) in [6, 6.07) is 6.43. The van der Waals surface area contributed by atoms with Gasteiger partial charge >= 0.3 is 0 Å². The van der Waals surface area contributed by atoms with E-state index in [4.69, 9.17) is 5.73 Å². The fraction of sp³-hybridized carbons (Fsp3) is 0.450. The standard InChI is InChI=1S/C20H27N5O2/c1-14(20(27)23-17-5-3-16(4-6-17)19(21)26)25-10-7-15(8-11-25)13-18-22-9-12-24(18)2/h3-6,9,12,14-15H,7-8,10-11,13H2,1-2H3,(H2,21,26)(H,23,27)/t14-/m0/s1. The van der Waals surface area contributed by atoms with Gasteiger partial charge in [-0.2, -0.15) is 0 Å². The van der Waals surface area contributed by atoms with Crippen LogP contribution in [0.3, 0.4) is 0 Å². The quantitative estimate of drug-likeness (QED) is 0.812. The Morgan fingerprint density at radius 3 is 2.48 bits per heavy atom. The normalized spacial score (nSPS) is 16.8. The second kappa shape index (κ2) is 8.35. The van der Waals surface area contributed by atoms with Gasteiger partial charge in [-0.1, -0.05) is 0 Å². The number of carbonyl (C=O) groups excluding carboxylic acids is 2. The van der Waals surface area contributed by atoms with Crippen LogP contribution < -0.4 is 11.1 Å². The molecule has 2 amide bonds. The minimum Gasteiger partial charge on any atom is -0.366 e. The number of likely N-dealkylation sites (tertiary alicyclic amines) is 1. The lowest BCUT2D eigenvalue weighted by Gasteiger charge is -2.35. The number of hydrogen-bond donors (Lipinski definition) is 2. The summed E-state index contributed by atoms with van der Waals surface area (Å²) in [4.78, 5) is 30.3. The highest BCUT2D eigenvalue weighted by atomic mass is 16.2.